The second-order valence-electron chi connectivity index (χ2n) is 7.96. The third-order valence-electron chi connectivity index (χ3n) is 4.86. The first kappa shape index (κ1) is 21.1. The molecule has 1 aromatic rings. The van der Waals surface area contributed by atoms with Crippen LogP contribution in [0.5, 0.6) is 0 Å². The highest BCUT2D eigenvalue weighted by atomic mass is 28.4. The Kier molecular flexibility index (Phi) is 7.87. The summed E-state index contributed by atoms with van der Waals surface area (Å²) in [6, 6.07) is 10.1. The summed E-state index contributed by atoms with van der Waals surface area (Å²) in [6.07, 6.45) is 1.21. The second kappa shape index (κ2) is 8.95. The lowest BCUT2D eigenvalue weighted by molar-refractivity contribution is -0.0505. The molecule has 136 valence electrons. The summed E-state index contributed by atoms with van der Waals surface area (Å²) in [5.41, 5.74) is 1.12. The highest BCUT2D eigenvalue weighted by molar-refractivity contribution is 6.74. The lowest BCUT2D eigenvalue weighted by Crippen LogP contribution is -2.47. The summed E-state index contributed by atoms with van der Waals surface area (Å²) in [6.45, 7) is 17.4. The average molecular weight is 351 g/mol. The largest absolute Gasteiger partial charge is 0.412 e. The smallest absolute Gasteiger partial charge is 0.192 e. The Morgan fingerprint density at radius 2 is 1.79 bits per heavy atom. The van der Waals surface area contributed by atoms with Crippen molar-refractivity contribution < 1.29 is 14.3 Å². The highest BCUT2D eigenvalue weighted by Gasteiger charge is 2.40. The Labute approximate surface area is 148 Å². The minimum Gasteiger partial charge on any atom is -0.412 e. The summed E-state index contributed by atoms with van der Waals surface area (Å²) < 4.78 is 12.6. The maximum atomic E-state index is 9.99. The van der Waals surface area contributed by atoms with E-state index in [2.05, 4.69) is 40.4 Å². The number of aliphatic hydroxyl groups excluding tert-OH is 1. The normalized spacial score (nSPS) is 16.5. The molecule has 0 fully saturated rings. The molecule has 0 aliphatic heterocycles. The predicted molar refractivity (Wildman–Crippen MR) is 104 cm³/mol. The summed E-state index contributed by atoms with van der Waals surface area (Å²) in [5.74, 6) is 0. The highest BCUT2D eigenvalue weighted by Crippen LogP contribution is 2.38. The van der Waals surface area contributed by atoms with Crippen LogP contribution in [0.2, 0.25) is 18.1 Å². The second-order valence-corrected chi connectivity index (χ2v) is 12.7. The zero-order chi connectivity index (χ0) is 18.4. The van der Waals surface area contributed by atoms with Gasteiger partial charge in [-0.25, -0.2) is 0 Å². The fraction of sp³-hybridized carbons (Fsp3) is 0.600. The van der Waals surface area contributed by atoms with E-state index in [1.165, 1.54) is 0 Å². The fourth-order valence-corrected chi connectivity index (χ4v) is 3.66. The van der Waals surface area contributed by atoms with Crippen LogP contribution in [0.3, 0.4) is 0 Å². The van der Waals surface area contributed by atoms with Gasteiger partial charge < -0.3 is 14.3 Å². The van der Waals surface area contributed by atoms with Crippen LogP contribution in [0.15, 0.2) is 43.0 Å². The molecule has 0 bridgehead atoms. The summed E-state index contributed by atoms with van der Waals surface area (Å²) >= 11 is 0. The quantitative estimate of drug-likeness (QED) is 0.507. The predicted octanol–water partition coefficient (Wildman–Crippen LogP) is 4.92. The van der Waals surface area contributed by atoms with Crippen molar-refractivity contribution in [3.05, 3.63) is 48.6 Å². The molecule has 24 heavy (non-hydrogen) atoms. The topological polar surface area (TPSA) is 38.7 Å². The number of rotatable bonds is 9. The molecule has 1 rings (SSSR count). The number of hydrogen-bond acceptors (Lipinski definition) is 3. The lowest BCUT2D eigenvalue weighted by Gasteiger charge is -2.40. The van der Waals surface area contributed by atoms with Crippen LogP contribution in [-0.2, 0) is 15.8 Å². The molecule has 1 aromatic carbocycles. The van der Waals surface area contributed by atoms with Gasteiger partial charge in [0, 0.05) is 6.42 Å². The third kappa shape index (κ3) is 6.52. The molecule has 0 unspecified atom stereocenters. The first-order chi connectivity index (χ1) is 11.1. The van der Waals surface area contributed by atoms with Gasteiger partial charge in [0.25, 0.3) is 0 Å². The maximum Gasteiger partial charge on any atom is 0.192 e. The van der Waals surface area contributed by atoms with Gasteiger partial charge in [-0.1, -0.05) is 57.2 Å². The van der Waals surface area contributed by atoms with E-state index in [4.69, 9.17) is 9.16 Å². The van der Waals surface area contributed by atoms with E-state index < -0.39 is 14.4 Å². The van der Waals surface area contributed by atoms with Crippen LogP contribution >= 0.6 is 0 Å². The summed E-state index contributed by atoms with van der Waals surface area (Å²) in [4.78, 5) is 0. The molecular weight excluding hydrogens is 316 g/mol. The zero-order valence-electron chi connectivity index (χ0n) is 16.1. The van der Waals surface area contributed by atoms with Gasteiger partial charge in [0.1, 0.15) is 0 Å². The molecule has 0 amide bonds. The van der Waals surface area contributed by atoms with Gasteiger partial charge in [-0.2, -0.15) is 0 Å². The van der Waals surface area contributed by atoms with Gasteiger partial charge in [-0.3, -0.25) is 0 Å². The van der Waals surface area contributed by atoms with Crippen LogP contribution < -0.4 is 0 Å². The summed E-state index contributed by atoms with van der Waals surface area (Å²) in [7, 11) is -1.89. The monoisotopic (exact) mass is 350 g/mol. The summed E-state index contributed by atoms with van der Waals surface area (Å²) in [5, 5.41) is 10.1. The van der Waals surface area contributed by atoms with E-state index in [0.717, 1.165) is 5.56 Å². The molecule has 0 radical (unpaired) electrons. The maximum absolute atomic E-state index is 9.99. The van der Waals surface area contributed by atoms with E-state index in [1.807, 2.05) is 37.3 Å². The van der Waals surface area contributed by atoms with Crippen LogP contribution in [0, 0.1) is 0 Å². The Morgan fingerprint density at radius 1 is 1.21 bits per heavy atom. The minimum absolute atomic E-state index is 0.0794. The van der Waals surface area contributed by atoms with Gasteiger partial charge in [0.05, 0.1) is 24.9 Å². The number of hydrogen-bond donors (Lipinski definition) is 1. The molecule has 0 saturated heterocycles. The molecule has 3 nitrogen and oxygen atoms in total. The van der Waals surface area contributed by atoms with Crippen molar-refractivity contribution in [1.29, 1.82) is 0 Å². The van der Waals surface area contributed by atoms with E-state index in [1.54, 1.807) is 6.08 Å². The molecule has 0 aliphatic rings. The first-order valence-electron chi connectivity index (χ1n) is 8.71. The van der Waals surface area contributed by atoms with Gasteiger partial charge in [-0.05, 0) is 30.6 Å². The zero-order valence-corrected chi connectivity index (χ0v) is 17.1. The average Bonchev–Trinajstić information content (AvgIpc) is 2.50. The van der Waals surface area contributed by atoms with Crippen molar-refractivity contribution in [3.63, 3.8) is 0 Å². The van der Waals surface area contributed by atoms with Crippen molar-refractivity contribution in [2.75, 3.05) is 0 Å². The van der Waals surface area contributed by atoms with Crippen molar-refractivity contribution in [3.8, 4) is 0 Å². The van der Waals surface area contributed by atoms with Crippen LogP contribution in [-0.4, -0.2) is 31.7 Å². The minimum atomic E-state index is -1.89. The molecule has 0 aliphatic carbocycles. The molecule has 0 aromatic heterocycles. The van der Waals surface area contributed by atoms with E-state index in [9.17, 15) is 5.11 Å². The van der Waals surface area contributed by atoms with Gasteiger partial charge in [0.2, 0.25) is 0 Å². The molecule has 0 heterocycles. The van der Waals surface area contributed by atoms with E-state index in [0.29, 0.717) is 13.0 Å². The number of ether oxygens (including phenoxy) is 1. The van der Waals surface area contributed by atoms with E-state index in [-0.39, 0.29) is 17.2 Å². The first-order valence-corrected chi connectivity index (χ1v) is 11.6. The van der Waals surface area contributed by atoms with Crippen LogP contribution in [0.1, 0.15) is 39.7 Å². The number of benzene rings is 1. The Bertz CT molecular complexity index is 493. The van der Waals surface area contributed by atoms with Gasteiger partial charge >= 0.3 is 0 Å². The van der Waals surface area contributed by atoms with Crippen molar-refractivity contribution in [2.45, 2.75) is 77.2 Å². The van der Waals surface area contributed by atoms with Crippen LogP contribution in [0.4, 0.5) is 0 Å². The van der Waals surface area contributed by atoms with Gasteiger partial charge in [0.15, 0.2) is 8.32 Å². The van der Waals surface area contributed by atoms with Crippen molar-refractivity contribution in [2.24, 2.45) is 0 Å². The Morgan fingerprint density at radius 3 is 2.29 bits per heavy atom. The third-order valence-corrected chi connectivity index (χ3v) is 9.44. The Hall–Kier alpha value is -0.943. The van der Waals surface area contributed by atoms with Gasteiger partial charge in [-0.15, -0.1) is 6.58 Å². The van der Waals surface area contributed by atoms with Crippen LogP contribution in [0.25, 0.3) is 0 Å². The fourth-order valence-electron chi connectivity index (χ4n) is 2.22. The van der Waals surface area contributed by atoms with Crippen molar-refractivity contribution >= 4 is 8.32 Å². The SMILES string of the molecule is C=C[C@@H](O)C[C@@H](OCc1ccccc1)[C@H](C)O[Si](C)(C)C(C)(C)C. The molecular formula is C20H34O3Si. The molecule has 1 N–H and O–H groups in total. The molecule has 4 heteroatoms. The van der Waals surface area contributed by atoms with Crippen molar-refractivity contribution in [1.82, 2.24) is 0 Å². The molecule has 3 atom stereocenters. The molecule has 0 spiro atoms. The standard InChI is InChI=1S/C20H34O3Si/c1-8-18(21)14-19(22-15-17-12-10-9-11-13-17)16(2)23-24(6,7)20(3,4)5/h8-13,16,18-19,21H,1,14-15H2,2-7H3/t16-,18+,19+/m0/s1. The van der Waals surface area contributed by atoms with E-state index >= 15 is 0 Å². The number of aliphatic hydroxyl groups is 1. The lowest BCUT2D eigenvalue weighted by atomic mass is 10.1. The Balaban J connectivity index is 2.78. The molecule has 0 saturated carbocycles.